The van der Waals surface area contributed by atoms with Gasteiger partial charge in [0.2, 0.25) is 11.6 Å². The van der Waals surface area contributed by atoms with Crippen molar-refractivity contribution < 1.29 is 35.9 Å². The number of carbonyl (C=O) groups is 1. The van der Waals surface area contributed by atoms with Crippen LogP contribution in [-0.2, 0) is 13.2 Å². The Kier molecular flexibility index (Phi) is 6.55. The van der Waals surface area contributed by atoms with Crippen molar-refractivity contribution in [2.75, 3.05) is 5.32 Å². The molecule has 12 heteroatoms. The van der Waals surface area contributed by atoms with Crippen LogP contribution >= 0.6 is 11.6 Å². The van der Waals surface area contributed by atoms with Gasteiger partial charge in [0.25, 0.3) is 5.91 Å². The molecule has 0 spiro atoms. The maximum Gasteiger partial charge on any atom is 0.291 e. The fourth-order valence-corrected chi connectivity index (χ4v) is 3.17. The summed E-state index contributed by atoms with van der Waals surface area (Å²) in [4.78, 5) is 12.4. The maximum absolute atomic E-state index is 13.9. The fourth-order valence-electron chi connectivity index (χ4n) is 2.95. The normalized spacial score (nSPS) is 11.0. The molecule has 2 heterocycles. The number of furan rings is 1. The number of ether oxygens (including phenoxy) is 1. The Bertz CT molecular complexity index is 1330. The van der Waals surface area contributed by atoms with Gasteiger partial charge in [0.05, 0.1) is 18.4 Å². The molecule has 0 aliphatic rings. The predicted octanol–water partition coefficient (Wildman–Crippen LogP) is 5.70. The summed E-state index contributed by atoms with van der Waals surface area (Å²) in [5.74, 6) is -9.30. The summed E-state index contributed by atoms with van der Waals surface area (Å²) < 4.78 is 79.2. The lowest BCUT2D eigenvalue weighted by Crippen LogP contribution is -2.10. The number of carbonyl (C=O) groups excluding carboxylic acids is 1. The molecule has 0 aliphatic carbocycles. The summed E-state index contributed by atoms with van der Waals surface area (Å²) in [6.07, 6.45) is 2.77. The van der Waals surface area contributed by atoms with Crippen LogP contribution in [0.15, 0.2) is 53.2 Å². The maximum atomic E-state index is 13.9. The molecule has 0 radical (unpaired) electrons. The second-order valence-electron chi connectivity index (χ2n) is 6.93. The van der Waals surface area contributed by atoms with Gasteiger partial charge in [-0.25, -0.2) is 13.2 Å². The van der Waals surface area contributed by atoms with Crippen LogP contribution in [0, 0.1) is 29.1 Å². The standard InChI is InChI=1S/C22H13ClF5N3O3/c23-14-2-1-3-15(24)13(14)9-31-8-11(7-29-31)30-22(32)18-5-4-12(34-18)10-33-21-19(27)16(25)6-17(26)20(21)28/h1-8H,9-10H2,(H,30,32). The molecule has 1 N–H and O–H groups in total. The molecule has 0 atom stereocenters. The van der Waals surface area contributed by atoms with E-state index in [4.69, 9.17) is 20.8 Å². The quantitative estimate of drug-likeness (QED) is 0.262. The van der Waals surface area contributed by atoms with Crippen LogP contribution in [0.3, 0.4) is 0 Å². The summed E-state index contributed by atoms with van der Waals surface area (Å²) >= 11 is 6.00. The summed E-state index contributed by atoms with van der Waals surface area (Å²) in [5, 5.41) is 6.77. The highest BCUT2D eigenvalue weighted by atomic mass is 35.5. The molecule has 0 unspecified atom stereocenters. The van der Waals surface area contributed by atoms with E-state index in [1.165, 1.54) is 47.4 Å². The first-order chi connectivity index (χ1) is 16.2. The minimum atomic E-state index is -1.70. The Morgan fingerprint density at radius 2 is 1.79 bits per heavy atom. The van der Waals surface area contributed by atoms with Crippen molar-refractivity contribution >= 4 is 23.2 Å². The lowest BCUT2D eigenvalue weighted by atomic mass is 10.2. The van der Waals surface area contributed by atoms with Gasteiger partial charge in [-0.1, -0.05) is 17.7 Å². The van der Waals surface area contributed by atoms with Gasteiger partial charge < -0.3 is 14.5 Å². The van der Waals surface area contributed by atoms with Gasteiger partial charge in [0, 0.05) is 22.8 Å². The van der Waals surface area contributed by atoms with E-state index in [0.29, 0.717) is 0 Å². The van der Waals surface area contributed by atoms with Gasteiger partial charge >= 0.3 is 0 Å². The lowest BCUT2D eigenvalue weighted by molar-refractivity contribution is 0.0992. The van der Waals surface area contributed by atoms with E-state index in [0.717, 1.165) is 0 Å². The molecule has 4 aromatic rings. The highest BCUT2D eigenvalue weighted by Gasteiger charge is 2.21. The number of nitrogens with zero attached hydrogens (tertiary/aromatic N) is 2. The van der Waals surface area contributed by atoms with E-state index in [9.17, 15) is 26.7 Å². The van der Waals surface area contributed by atoms with Crippen LogP contribution in [-0.4, -0.2) is 15.7 Å². The number of anilines is 1. The third-order valence-corrected chi connectivity index (χ3v) is 4.94. The van der Waals surface area contributed by atoms with Gasteiger partial charge in [-0.05, 0) is 24.3 Å². The molecule has 0 saturated carbocycles. The van der Waals surface area contributed by atoms with Crippen LogP contribution in [0.5, 0.6) is 5.75 Å². The smallest absolute Gasteiger partial charge is 0.291 e. The van der Waals surface area contributed by atoms with Crippen molar-refractivity contribution in [2.24, 2.45) is 0 Å². The Hall–Kier alpha value is -3.86. The highest BCUT2D eigenvalue weighted by molar-refractivity contribution is 6.31. The first kappa shape index (κ1) is 23.3. The molecule has 0 aliphatic heterocycles. The van der Waals surface area contributed by atoms with Crippen molar-refractivity contribution in [3.63, 3.8) is 0 Å². The number of hydrogen-bond donors (Lipinski definition) is 1. The number of benzene rings is 2. The number of aromatic nitrogens is 2. The first-order valence-electron chi connectivity index (χ1n) is 9.54. The predicted molar refractivity (Wildman–Crippen MR) is 110 cm³/mol. The average Bonchev–Trinajstić information content (AvgIpc) is 3.45. The van der Waals surface area contributed by atoms with Crippen molar-refractivity contribution in [1.29, 1.82) is 0 Å². The molecule has 6 nitrogen and oxygen atoms in total. The summed E-state index contributed by atoms with van der Waals surface area (Å²) in [6.45, 7) is -0.581. The molecule has 176 valence electrons. The van der Waals surface area contributed by atoms with Crippen LogP contribution in [0.1, 0.15) is 21.9 Å². The molecule has 1 amide bonds. The van der Waals surface area contributed by atoms with Crippen LogP contribution in [0.2, 0.25) is 5.02 Å². The molecule has 2 aromatic heterocycles. The van der Waals surface area contributed by atoms with E-state index in [1.54, 1.807) is 0 Å². The second-order valence-corrected chi connectivity index (χ2v) is 7.34. The first-order valence-corrected chi connectivity index (χ1v) is 9.92. The van der Waals surface area contributed by atoms with Gasteiger partial charge in [-0.15, -0.1) is 0 Å². The summed E-state index contributed by atoms with van der Waals surface area (Å²) in [6, 6.07) is 6.87. The zero-order chi connectivity index (χ0) is 24.4. The van der Waals surface area contributed by atoms with Crippen molar-refractivity contribution in [1.82, 2.24) is 9.78 Å². The molecule has 0 saturated heterocycles. The lowest BCUT2D eigenvalue weighted by Gasteiger charge is -2.08. The molecule has 0 fully saturated rings. The van der Waals surface area contributed by atoms with E-state index in [2.05, 4.69) is 10.4 Å². The van der Waals surface area contributed by atoms with Crippen LogP contribution in [0.25, 0.3) is 0 Å². The minimum Gasteiger partial charge on any atom is -0.479 e. The van der Waals surface area contributed by atoms with Crippen LogP contribution < -0.4 is 10.1 Å². The number of hydrogen-bond acceptors (Lipinski definition) is 4. The monoisotopic (exact) mass is 497 g/mol. The molecule has 34 heavy (non-hydrogen) atoms. The van der Waals surface area contributed by atoms with E-state index in [1.807, 2.05) is 0 Å². The third kappa shape index (κ3) is 4.88. The highest BCUT2D eigenvalue weighted by Crippen LogP contribution is 2.27. The Morgan fingerprint density at radius 3 is 2.50 bits per heavy atom. The second kappa shape index (κ2) is 9.56. The van der Waals surface area contributed by atoms with Gasteiger partial charge in [0.15, 0.2) is 23.1 Å². The molecular formula is C22H13ClF5N3O3. The summed E-state index contributed by atoms with van der Waals surface area (Å²) in [7, 11) is 0. The van der Waals surface area contributed by atoms with E-state index in [-0.39, 0.29) is 40.4 Å². The Labute approximate surface area is 193 Å². The van der Waals surface area contributed by atoms with E-state index < -0.39 is 47.3 Å². The minimum absolute atomic E-state index is 0.0252. The number of rotatable bonds is 7. The zero-order valence-corrected chi connectivity index (χ0v) is 17.7. The summed E-state index contributed by atoms with van der Waals surface area (Å²) in [5.41, 5.74) is 0.498. The SMILES string of the molecule is O=C(Nc1cnn(Cc2c(F)cccc2Cl)c1)c1ccc(COc2c(F)c(F)cc(F)c2F)o1. The largest absolute Gasteiger partial charge is 0.479 e. The van der Waals surface area contributed by atoms with Crippen LogP contribution in [0.4, 0.5) is 27.6 Å². The fraction of sp³-hybridized carbons (Fsp3) is 0.0909. The zero-order valence-electron chi connectivity index (χ0n) is 16.9. The van der Waals surface area contributed by atoms with Crippen molar-refractivity contribution in [3.8, 4) is 5.75 Å². The molecule has 4 rings (SSSR count). The van der Waals surface area contributed by atoms with E-state index >= 15 is 0 Å². The molecule has 0 bridgehead atoms. The van der Waals surface area contributed by atoms with Crippen molar-refractivity contribution in [3.05, 3.63) is 100.0 Å². The Balaban J connectivity index is 1.39. The third-order valence-electron chi connectivity index (χ3n) is 4.59. The molecular weight excluding hydrogens is 485 g/mol. The van der Waals surface area contributed by atoms with Gasteiger partial charge in [0.1, 0.15) is 18.2 Å². The topological polar surface area (TPSA) is 69.3 Å². The number of amides is 1. The number of halogens is 6. The Morgan fingerprint density at radius 1 is 1.06 bits per heavy atom. The average molecular weight is 498 g/mol. The number of nitrogens with one attached hydrogen (secondary N) is 1. The van der Waals surface area contributed by atoms with Gasteiger partial charge in [-0.2, -0.15) is 13.9 Å². The van der Waals surface area contributed by atoms with Crippen molar-refractivity contribution in [2.45, 2.75) is 13.2 Å². The molecule has 2 aromatic carbocycles. The van der Waals surface area contributed by atoms with Gasteiger partial charge in [-0.3, -0.25) is 9.48 Å².